The van der Waals surface area contributed by atoms with E-state index in [4.69, 9.17) is 4.74 Å². The quantitative estimate of drug-likeness (QED) is 0.410. The SMILES string of the molecule is CCCCCN1CC=C[C@]23O[C@H]4C=CCN(c5ccccc5)C(=O)[C@H]4[C@H]2C(=O)N(CCCCO)C3C1=O. The smallest absolute Gasteiger partial charge is 0.249 e. The molecule has 8 heteroatoms. The molecule has 1 spiro atoms. The molecule has 4 aliphatic rings. The van der Waals surface area contributed by atoms with Crippen molar-refractivity contribution in [2.45, 2.75) is 56.8 Å². The van der Waals surface area contributed by atoms with E-state index in [1.165, 1.54) is 0 Å². The van der Waals surface area contributed by atoms with Crippen LogP contribution in [-0.2, 0) is 19.1 Å². The van der Waals surface area contributed by atoms with E-state index in [1.54, 1.807) is 9.80 Å². The average molecular weight is 508 g/mol. The van der Waals surface area contributed by atoms with Crippen molar-refractivity contribution in [3.8, 4) is 0 Å². The number of carbonyl (C=O) groups excluding carboxylic acids is 3. The maximum atomic E-state index is 14.1. The number of ether oxygens (including phenoxy) is 1. The van der Waals surface area contributed by atoms with Gasteiger partial charge in [0.1, 0.15) is 11.6 Å². The predicted octanol–water partition coefficient (Wildman–Crippen LogP) is 2.53. The number of amides is 3. The molecular formula is C29H37N3O5. The van der Waals surface area contributed by atoms with Crippen molar-refractivity contribution in [1.82, 2.24) is 9.80 Å². The number of aliphatic hydroxyl groups excluding tert-OH is 1. The summed E-state index contributed by atoms with van der Waals surface area (Å²) in [5.74, 6) is -1.98. The van der Waals surface area contributed by atoms with Gasteiger partial charge in [0.25, 0.3) is 0 Å². The number of carbonyl (C=O) groups is 3. The fraction of sp³-hybridized carbons (Fsp3) is 0.552. The lowest BCUT2D eigenvalue weighted by Crippen LogP contribution is -2.55. The number of likely N-dealkylation sites (tertiary alicyclic amines) is 1. The highest BCUT2D eigenvalue weighted by atomic mass is 16.5. The second-order valence-corrected chi connectivity index (χ2v) is 10.4. The second kappa shape index (κ2) is 10.8. The van der Waals surface area contributed by atoms with Crippen molar-refractivity contribution in [2.75, 3.05) is 37.7 Å². The summed E-state index contributed by atoms with van der Waals surface area (Å²) in [4.78, 5) is 47.4. The summed E-state index contributed by atoms with van der Waals surface area (Å²) in [6.07, 6.45) is 11.2. The van der Waals surface area contributed by atoms with Crippen LogP contribution in [0.4, 0.5) is 5.69 Å². The van der Waals surface area contributed by atoms with Crippen LogP contribution in [0.1, 0.15) is 39.0 Å². The Hall–Kier alpha value is -2.97. The molecule has 1 unspecified atom stereocenters. The normalized spacial score (nSPS) is 30.9. The molecule has 5 rings (SSSR count). The number of aliphatic hydroxyl groups is 1. The number of fused-ring (bicyclic) bond motifs is 2. The molecule has 1 aromatic rings. The zero-order chi connectivity index (χ0) is 26.0. The third kappa shape index (κ3) is 4.40. The lowest BCUT2D eigenvalue weighted by molar-refractivity contribution is -0.147. The fourth-order valence-corrected chi connectivity index (χ4v) is 6.41. The molecule has 198 valence electrons. The van der Waals surface area contributed by atoms with Crippen LogP contribution in [0.15, 0.2) is 54.6 Å². The zero-order valence-electron chi connectivity index (χ0n) is 21.5. The summed E-state index contributed by atoms with van der Waals surface area (Å²) in [5, 5.41) is 9.34. The van der Waals surface area contributed by atoms with E-state index in [0.29, 0.717) is 39.0 Å². The Morgan fingerprint density at radius 2 is 1.73 bits per heavy atom. The summed E-state index contributed by atoms with van der Waals surface area (Å²) in [6, 6.07) is 8.65. The van der Waals surface area contributed by atoms with Gasteiger partial charge >= 0.3 is 0 Å². The highest BCUT2D eigenvalue weighted by molar-refractivity contribution is 6.03. The van der Waals surface area contributed by atoms with E-state index in [1.807, 2.05) is 59.5 Å². The van der Waals surface area contributed by atoms with Crippen LogP contribution in [0.2, 0.25) is 0 Å². The molecule has 1 aromatic carbocycles. The number of nitrogens with zero attached hydrogens (tertiary/aromatic N) is 3. The molecule has 0 radical (unpaired) electrons. The average Bonchev–Trinajstić information content (AvgIpc) is 3.21. The highest BCUT2D eigenvalue weighted by Gasteiger charge is 2.71. The number of hydrogen-bond donors (Lipinski definition) is 1. The van der Waals surface area contributed by atoms with Crippen LogP contribution < -0.4 is 4.90 Å². The topological polar surface area (TPSA) is 90.4 Å². The lowest BCUT2D eigenvalue weighted by Gasteiger charge is -2.35. The van der Waals surface area contributed by atoms with E-state index in [0.717, 1.165) is 24.9 Å². The van der Waals surface area contributed by atoms with Gasteiger partial charge in [0.05, 0.1) is 17.9 Å². The summed E-state index contributed by atoms with van der Waals surface area (Å²) in [7, 11) is 0. The second-order valence-electron chi connectivity index (χ2n) is 10.4. The molecule has 4 aliphatic heterocycles. The number of hydrogen-bond acceptors (Lipinski definition) is 5. The molecule has 1 N–H and O–H groups in total. The summed E-state index contributed by atoms with van der Waals surface area (Å²) >= 11 is 0. The Morgan fingerprint density at radius 3 is 2.49 bits per heavy atom. The molecule has 0 aromatic heterocycles. The monoisotopic (exact) mass is 507 g/mol. The first kappa shape index (κ1) is 25.7. The van der Waals surface area contributed by atoms with Crippen molar-refractivity contribution >= 4 is 23.4 Å². The summed E-state index contributed by atoms with van der Waals surface area (Å²) < 4.78 is 6.67. The van der Waals surface area contributed by atoms with E-state index in [9.17, 15) is 19.5 Å². The van der Waals surface area contributed by atoms with Crippen LogP contribution in [0.3, 0.4) is 0 Å². The summed E-state index contributed by atoms with van der Waals surface area (Å²) in [6.45, 7) is 3.98. The van der Waals surface area contributed by atoms with Crippen molar-refractivity contribution in [1.29, 1.82) is 0 Å². The highest BCUT2D eigenvalue weighted by Crippen LogP contribution is 2.53. The third-order valence-corrected chi connectivity index (χ3v) is 8.15. The Labute approximate surface area is 218 Å². The minimum absolute atomic E-state index is 0.0226. The molecular weight excluding hydrogens is 470 g/mol. The molecule has 2 fully saturated rings. The Balaban J connectivity index is 1.53. The van der Waals surface area contributed by atoms with Crippen molar-refractivity contribution < 1.29 is 24.2 Å². The number of unbranched alkanes of at least 4 members (excludes halogenated alkanes) is 3. The molecule has 0 bridgehead atoms. The van der Waals surface area contributed by atoms with Crippen LogP contribution >= 0.6 is 0 Å². The standard InChI is InChI=1S/C29H37N3O5/c1-2-3-7-16-30-17-11-15-29-24(27(35)32(18-8-9-20-33)25(29)28(30)36)23-22(37-29)14-10-19-31(26(23)34)21-12-5-4-6-13-21/h4-6,10-15,22-25,33H,2-3,7-9,16-20H2,1H3/t22-,23+,24-,25?,29-/m0/s1. The van der Waals surface area contributed by atoms with Crippen LogP contribution in [0, 0.1) is 11.8 Å². The number of rotatable bonds is 9. The van der Waals surface area contributed by atoms with Crippen LogP contribution in [-0.4, -0.2) is 83.2 Å². The predicted molar refractivity (Wildman–Crippen MR) is 140 cm³/mol. The van der Waals surface area contributed by atoms with Gasteiger partial charge in [-0.2, -0.15) is 0 Å². The Morgan fingerprint density at radius 1 is 0.946 bits per heavy atom. The van der Waals surface area contributed by atoms with Gasteiger partial charge in [-0.05, 0) is 31.4 Å². The van der Waals surface area contributed by atoms with Gasteiger partial charge in [-0.15, -0.1) is 0 Å². The lowest BCUT2D eigenvalue weighted by atomic mass is 9.77. The van der Waals surface area contributed by atoms with E-state index >= 15 is 0 Å². The van der Waals surface area contributed by atoms with Gasteiger partial charge in [-0.1, -0.05) is 62.3 Å². The first-order valence-corrected chi connectivity index (χ1v) is 13.6. The van der Waals surface area contributed by atoms with Crippen molar-refractivity contribution in [2.24, 2.45) is 11.8 Å². The van der Waals surface area contributed by atoms with Crippen molar-refractivity contribution in [3.05, 3.63) is 54.6 Å². The molecule has 0 aliphatic carbocycles. The van der Waals surface area contributed by atoms with Crippen LogP contribution in [0.5, 0.6) is 0 Å². The molecule has 0 saturated carbocycles. The van der Waals surface area contributed by atoms with E-state index in [-0.39, 0.29) is 24.3 Å². The molecule has 3 amide bonds. The Bertz CT molecular complexity index is 1070. The largest absolute Gasteiger partial charge is 0.396 e. The molecule has 2 saturated heterocycles. The van der Waals surface area contributed by atoms with Gasteiger partial charge < -0.3 is 24.5 Å². The van der Waals surface area contributed by atoms with Gasteiger partial charge in [-0.25, -0.2) is 0 Å². The molecule has 37 heavy (non-hydrogen) atoms. The first-order valence-electron chi connectivity index (χ1n) is 13.6. The third-order valence-electron chi connectivity index (χ3n) is 8.15. The number of para-hydroxylation sites is 1. The number of anilines is 1. The number of benzene rings is 1. The molecule has 4 heterocycles. The Kier molecular flexibility index (Phi) is 7.49. The summed E-state index contributed by atoms with van der Waals surface area (Å²) in [5.41, 5.74) is -0.419. The molecule has 5 atom stereocenters. The zero-order valence-corrected chi connectivity index (χ0v) is 21.5. The van der Waals surface area contributed by atoms with Gasteiger partial charge in [0.2, 0.25) is 17.7 Å². The van der Waals surface area contributed by atoms with E-state index < -0.39 is 29.6 Å². The molecule has 8 nitrogen and oxygen atoms in total. The van der Waals surface area contributed by atoms with Gasteiger partial charge in [0.15, 0.2) is 0 Å². The fourth-order valence-electron chi connectivity index (χ4n) is 6.41. The van der Waals surface area contributed by atoms with E-state index in [2.05, 4.69) is 6.92 Å². The van der Waals surface area contributed by atoms with Crippen molar-refractivity contribution in [3.63, 3.8) is 0 Å². The first-order chi connectivity index (χ1) is 18.0. The minimum Gasteiger partial charge on any atom is -0.396 e. The van der Waals surface area contributed by atoms with Gasteiger partial charge in [0, 0.05) is 38.5 Å². The van der Waals surface area contributed by atoms with Crippen LogP contribution in [0.25, 0.3) is 0 Å². The maximum absolute atomic E-state index is 14.1. The van der Waals surface area contributed by atoms with Gasteiger partial charge in [-0.3, -0.25) is 14.4 Å². The minimum atomic E-state index is -1.19. The maximum Gasteiger partial charge on any atom is 0.249 e.